The number of hydroxylamine groups is 3. The molecule has 23 heavy (non-hydrogen) atoms. The van der Waals surface area contributed by atoms with Crippen LogP contribution in [0.4, 0.5) is 0 Å². The molecule has 0 aromatic heterocycles. The third-order valence-corrected chi connectivity index (χ3v) is 5.40. The topological polar surface area (TPSA) is 61.8 Å². The van der Waals surface area contributed by atoms with Crippen LogP contribution in [0.25, 0.3) is 11.1 Å². The van der Waals surface area contributed by atoms with Crippen molar-refractivity contribution in [2.45, 2.75) is 18.9 Å². The van der Waals surface area contributed by atoms with E-state index in [1.165, 1.54) is 0 Å². The van der Waals surface area contributed by atoms with Crippen LogP contribution in [0.15, 0.2) is 24.3 Å². The standard InChI is InChI=1S/C18H17NO4/c1-19(21)6-5-11-8-14-18(23-9-22-14)17-15(11)12(19)7-10-3-2-4-13(20)16(10)17/h2-4,8,12,20H,5-7,9H2,1H3/t12-,19-/m1/s1. The second-order valence-electron chi connectivity index (χ2n) is 6.74. The fourth-order valence-corrected chi connectivity index (χ4v) is 4.27. The first-order chi connectivity index (χ1) is 11.1. The molecule has 2 atom stereocenters. The van der Waals surface area contributed by atoms with Gasteiger partial charge < -0.3 is 24.4 Å². The zero-order valence-corrected chi connectivity index (χ0v) is 12.8. The van der Waals surface area contributed by atoms with E-state index in [0.29, 0.717) is 18.7 Å². The molecule has 2 aromatic carbocycles. The number of fused-ring (bicyclic) bond motifs is 4. The van der Waals surface area contributed by atoms with Crippen LogP contribution in [0.3, 0.4) is 0 Å². The first-order valence-electron chi connectivity index (χ1n) is 7.89. The van der Waals surface area contributed by atoms with Gasteiger partial charge in [0.05, 0.1) is 13.6 Å². The number of hydrogen-bond acceptors (Lipinski definition) is 4. The number of likely N-dealkylation sites (N-methyl/N-ethyl adjacent to an activating group) is 1. The number of aromatic hydroxyl groups is 1. The summed E-state index contributed by atoms with van der Waals surface area (Å²) in [6, 6.07) is 7.37. The lowest BCUT2D eigenvalue weighted by atomic mass is 9.76. The molecule has 118 valence electrons. The molecule has 0 radical (unpaired) electrons. The van der Waals surface area contributed by atoms with E-state index in [-0.39, 0.29) is 23.2 Å². The van der Waals surface area contributed by atoms with Crippen LogP contribution in [0, 0.1) is 5.21 Å². The van der Waals surface area contributed by atoms with Crippen molar-refractivity contribution < 1.29 is 19.2 Å². The summed E-state index contributed by atoms with van der Waals surface area (Å²) in [7, 11) is 1.75. The van der Waals surface area contributed by atoms with E-state index in [1.807, 2.05) is 18.2 Å². The van der Waals surface area contributed by atoms with Crippen LogP contribution in [0.1, 0.15) is 22.7 Å². The minimum Gasteiger partial charge on any atom is -0.633 e. The lowest BCUT2D eigenvalue weighted by Gasteiger charge is -2.51. The van der Waals surface area contributed by atoms with Crippen molar-refractivity contribution in [3.8, 4) is 28.4 Å². The highest BCUT2D eigenvalue weighted by Crippen LogP contribution is 2.56. The molecule has 0 saturated heterocycles. The maximum Gasteiger partial charge on any atom is 0.231 e. The Kier molecular flexibility index (Phi) is 2.41. The van der Waals surface area contributed by atoms with E-state index in [1.54, 1.807) is 13.1 Å². The SMILES string of the molecule is C[N@@+]1([O-])CCc2cc3c(c4c2[C@H]1Cc1cccc(O)c1-4)OCO3. The van der Waals surface area contributed by atoms with Gasteiger partial charge in [0.1, 0.15) is 11.8 Å². The summed E-state index contributed by atoms with van der Waals surface area (Å²) in [5.41, 5.74) is 4.84. The van der Waals surface area contributed by atoms with Gasteiger partial charge in [0.2, 0.25) is 6.79 Å². The van der Waals surface area contributed by atoms with Crippen molar-refractivity contribution in [1.29, 1.82) is 0 Å². The van der Waals surface area contributed by atoms with Crippen LogP contribution in [-0.2, 0) is 12.8 Å². The molecule has 0 fully saturated rings. The highest BCUT2D eigenvalue weighted by atomic mass is 16.7. The van der Waals surface area contributed by atoms with Gasteiger partial charge in [-0.3, -0.25) is 0 Å². The minimum absolute atomic E-state index is 0.155. The molecule has 2 aliphatic heterocycles. The summed E-state index contributed by atoms with van der Waals surface area (Å²) >= 11 is 0. The lowest BCUT2D eigenvalue weighted by Crippen LogP contribution is -2.48. The molecule has 0 unspecified atom stereocenters. The Balaban J connectivity index is 1.91. The van der Waals surface area contributed by atoms with Gasteiger partial charge in [0.15, 0.2) is 11.5 Å². The number of benzene rings is 2. The number of phenolic OH excluding ortho intramolecular Hbond substituents is 1. The van der Waals surface area contributed by atoms with E-state index in [9.17, 15) is 10.3 Å². The number of nitrogens with zero attached hydrogens (tertiary/aromatic N) is 1. The van der Waals surface area contributed by atoms with E-state index in [2.05, 4.69) is 0 Å². The summed E-state index contributed by atoms with van der Waals surface area (Å²) < 4.78 is 11.0. The molecule has 5 heteroatoms. The van der Waals surface area contributed by atoms with Crippen LogP contribution < -0.4 is 9.47 Å². The molecule has 0 saturated carbocycles. The highest BCUT2D eigenvalue weighted by molar-refractivity contribution is 5.86. The number of phenols is 1. The minimum atomic E-state index is -0.283. The van der Waals surface area contributed by atoms with E-state index >= 15 is 0 Å². The largest absolute Gasteiger partial charge is 0.633 e. The van der Waals surface area contributed by atoms with Gasteiger partial charge >= 0.3 is 0 Å². The van der Waals surface area contributed by atoms with Crippen LogP contribution in [0.2, 0.25) is 0 Å². The maximum atomic E-state index is 13.0. The zero-order chi connectivity index (χ0) is 15.8. The van der Waals surface area contributed by atoms with E-state index in [0.717, 1.165) is 40.0 Å². The summed E-state index contributed by atoms with van der Waals surface area (Å²) in [6.07, 6.45) is 1.36. The first kappa shape index (κ1) is 13.2. The van der Waals surface area contributed by atoms with Crippen LogP contribution in [0.5, 0.6) is 17.2 Å². The molecule has 5 rings (SSSR count). The van der Waals surface area contributed by atoms with Crippen molar-refractivity contribution in [2.24, 2.45) is 0 Å². The summed E-state index contributed by atoms with van der Waals surface area (Å²) in [5.74, 6) is 1.62. The molecule has 3 aliphatic rings. The number of ether oxygens (including phenoxy) is 2. The Morgan fingerprint density at radius 1 is 1.22 bits per heavy atom. The van der Waals surface area contributed by atoms with Crippen molar-refractivity contribution in [3.05, 3.63) is 46.2 Å². The maximum absolute atomic E-state index is 13.0. The van der Waals surface area contributed by atoms with Gasteiger partial charge in [0.25, 0.3) is 0 Å². The molecule has 0 bridgehead atoms. The van der Waals surface area contributed by atoms with Crippen LogP contribution >= 0.6 is 0 Å². The fraction of sp³-hybridized carbons (Fsp3) is 0.333. The average molecular weight is 311 g/mol. The summed E-state index contributed by atoms with van der Waals surface area (Å²) in [6.45, 7) is 0.743. The normalized spacial score (nSPS) is 26.6. The van der Waals surface area contributed by atoms with Crippen LogP contribution in [-0.4, -0.2) is 30.1 Å². The van der Waals surface area contributed by atoms with Gasteiger partial charge in [-0.15, -0.1) is 0 Å². The quantitative estimate of drug-likeness (QED) is 0.600. The molecular weight excluding hydrogens is 294 g/mol. The molecule has 1 N–H and O–H groups in total. The molecular formula is C18H17NO4. The Labute approximate surface area is 133 Å². The molecule has 1 aliphatic carbocycles. The molecule has 5 nitrogen and oxygen atoms in total. The third kappa shape index (κ3) is 1.63. The Morgan fingerprint density at radius 3 is 2.96 bits per heavy atom. The van der Waals surface area contributed by atoms with Crippen molar-refractivity contribution in [3.63, 3.8) is 0 Å². The third-order valence-electron chi connectivity index (χ3n) is 5.40. The van der Waals surface area contributed by atoms with Gasteiger partial charge in [-0.05, 0) is 23.3 Å². The monoisotopic (exact) mass is 311 g/mol. The molecule has 0 amide bonds. The van der Waals surface area contributed by atoms with E-state index in [4.69, 9.17) is 9.47 Å². The Bertz CT molecular complexity index is 843. The zero-order valence-electron chi connectivity index (χ0n) is 12.8. The predicted molar refractivity (Wildman–Crippen MR) is 84.2 cm³/mol. The highest BCUT2D eigenvalue weighted by Gasteiger charge is 2.43. The number of quaternary nitrogens is 1. The Morgan fingerprint density at radius 2 is 2.09 bits per heavy atom. The van der Waals surface area contributed by atoms with Gasteiger partial charge in [-0.25, -0.2) is 0 Å². The van der Waals surface area contributed by atoms with E-state index < -0.39 is 0 Å². The second-order valence-corrected chi connectivity index (χ2v) is 6.74. The second kappa shape index (κ2) is 4.19. The summed E-state index contributed by atoms with van der Waals surface area (Å²) in [4.78, 5) is 0. The molecule has 2 heterocycles. The van der Waals surface area contributed by atoms with Gasteiger partial charge in [-0.2, -0.15) is 0 Å². The fourth-order valence-electron chi connectivity index (χ4n) is 4.27. The number of rotatable bonds is 0. The average Bonchev–Trinajstić information content (AvgIpc) is 2.99. The smallest absolute Gasteiger partial charge is 0.231 e. The van der Waals surface area contributed by atoms with Crippen molar-refractivity contribution in [1.82, 2.24) is 0 Å². The Hall–Kier alpha value is -2.24. The summed E-state index contributed by atoms with van der Waals surface area (Å²) in [5, 5.41) is 23.5. The van der Waals surface area contributed by atoms with Crippen molar-refractivity contribution >= 4 is 0 Å². The number of hydrogen-bond donors (Lipinski definition) is 1. The first-order valence-corrected chi connectivity index (χ1v) is 7.89. The van der Waals surface area contributed by atoms with Gasteiger partial charge in [0, 0.05) is 29.5 Å². The van der Waals surface area contributed by atoms with Gasteiger partial charge in [-0.1, -0.05) is 12.1 Å². The molecule has 0 spiro atoms. The van der Waals surface area contributed by atoms with Crippen molar-refractivity contribution in [2.75, 3.05) is 20.4 Å². The molecule has 2 aromatic rings. The lowest BCUT2D eigenvalue weighted by molar-refractivity contribution is -0.894. The predicted octanol–water partition coefficient (Wildman–Crippen LogP) is 2.89.